The molecule has 1 N–H and O–H groups in total. The number of nitrogens with zero attached hydrogens (tertiary/aromatic N) is 1. The van der Waals surface area contributed by atoms with E-state index in [4.69, 9.17) is 11.6 Å². The summed E-state index contributed by atoms with van der Waals surface area (Å²) in [4.78, 5) is 25.7. The first-order valence-corrected chi connectivity index (χ1v) is 7.75. The van der Waals surface area contributed by atoms with Crippen molar-refractivity contribution in [3.63, 3.8) is 0 Å². The van der Waals surface area contributed by atoms with Crippen molar-refractivity contribution in [2.75, 3.05) is 19.6 Å². The zero-order valence-corrected chi connectivity index (χ0v) is 13.2. The fourth-order valence-corrected chi connectivity index (χ4v) is 2.78. The Hall–Kier alpha value is -1.55. The Labute approximate surface area is 130 Å². The van der Waals surface area contributed by atoms with Crippen molar-refractivity contribution < 1.29 is 9.59 Å². The van der Waals surface area contributed by atoms with Gasteiger partial charge in [-0.25, -0.2) is 0 Å². The second-order valence-corrected chi connectivity index (χ2v) is 5.75. The third-order valence-electron chi connectivity index (χ3n) is 3.79. The second-order valence-electron chi connectivity index (χ2n) is 5.31. The quantitative estimate of drug-likeness (QED) is 0.877. The first-order valence-electron chi connectivity index (χ1n) is 7.37. The number of halogens is 1. The molecule has 2 unspecified atom stereocenters. The number of carbonyl (C=O) groups excluding carboxylic acids is 2. The molecule has 0 bridgehead atoms. The molecule has 1 aromatic carbocycles. The number of hydrogen-bond donors (Lipinski definition) is 1. The van der Waals surface area contributed by atoms with E-state index >= 15 is 0 Å². The zero-order valence-electron chi connectivity index (χ0n) is 12.4. The van der Waals surface area contributed by atoms with Gasteiger partial charge in [-0.05, 0) is 43.9 Å². The van der Waals surface area contributed by atoms with Gasteiger partial charge in [0.15, 0.2) is 0 Å². The van der Waals surface area contributed by atoms with Crippen molar-refractivity contribution in [3.8, 4) is 0 Å². The van der Waals surface area contributed by atoms with Crippen LogP contribution in [0.2, 0.25) is 5.02 Å². The van der Waals surface area contributed by atoms with Crippen molar-refractivity contribution in [1.29, 1.82) is 0 Å². The number of rotatable bonds is 6. The topological polar surface area (TPSA) is 49.4 Å². The Morgan fingerprint density at radius 3 is 2.76 bits per heavy atom. The smallest absolute Gasteiger partial charge is 0.239 e. The van der Waals surface area contributed by atoms with Crippen LogP contribution in [0.4, 0.5) is 0 Å². The van der Waals surface area contributed by atoms with E-state index in [1.807, 2.05) is 38.1 Å². The minimum Gasteiger partial charge on any atom is -0.355 e. The average molecular weight is 309 g/mol. The Morgan fingerprint density at radius 1 is 1.38 bits per heavy atom. The predicted octanol–water partition coefficient (Wildman–Crippen LogP) is 2.43. The Kier molecular flexibility index (Phi) is 5.23. The van der Waals surface area contributed by atoms with E-state index in [2.05, 4.69) is 5.32 Å². The van der Waals surface area contributed by atoms with Crippen LogP contribution >= 0.6 is 11.6 Å². The predicted molar refractivity (Wildman–Crippen MR) is 83.2 cm³/mol. The largest absolute Gasteiger partial charge is 0.355 e. The van der Waals surface area contributed by atoms with Crippen molar-refractivity contribution >= 4 is 23.4 Å². The van der Waals surface area contributed by atoms with Gasteiger partial charge in [0.05, 0.1) is 6.54 Å². The van der Waals surface area contributed by atoms with Gasteiger partial charge in [-0.15, -0.1) is 0 Å². The molecule has 2 amide bonds. The average Bonchev–Trinajstić information content (AvgIpc) is 3.25. The highest BCUT2D eigenvalue weighted by Crippen LogP contribution is 2.48. The van der Waals surface area contributed by atoms with Crippen molar-refractivity contribution in [1.82, 2.24) is 10.2 Å². The molecule has 114 valence electrons. The molecular weight excluding hydrogens is 288 g/mol. The summed E-state index contributed by atoms with van der Waals surface area (Å²) in [7, 11) is 0. The van der Waals surface area contributed by atoms with Gasteiger partial charge < -0.3 is 10.2 Å². The molecule has 4 nitrogen and oxygen atoms in total. The molecule has 1 saturated carbocycles. The molecule has 2 atom stereocenters. The van der Waals surface area contributed by atoms with Gasteiger partial charge in [0.25, 0.3) is 0 Å². The normalized spacial score (nSPS) is 20.0. The van der Waals surface area contributed by atoms with Crippen LogP contribution in [0.5, 0.6) is 0 Å². The maximum atomic E-state index is 12.5. The summed E-state index contributed by atoms with van der Waals surface area (Å²) in [5, 5.41) is 3.42. The lowest BCUT2D eigenvalue weighted by Crippen LogP contribution is -2.41. The molecule has 0 radical (unpaired) electrons. The van der Waals surface area contributed by atoms with E-state index in [0.29, 0.717) is 18.1 Å². The monoisotopic (exact) mass is 308 g/mol. The standard InChI is InChI=1S/C16H21ClN2O2/c1-3-18-15(20)10-19(4-2)16(21)14-9-13(14)11-6-5-7-12(17)8-11/h5-8,13-14H,3-4,9-10H2,1-2H3,(H,18,20). The van der Waals surface area contributed by atoms with Gasteiger partial charge in [0.2, 0.25) is 11.8 Å². The van der Waals surface area contributed by atoms with Gasteiger partial charge in [-0.2, -0.15) is 0 Å². The highest BCUT2D eigenvalue weighted by Gasteiger charge is 2.45. The fraction of sp³-hybridized carbons (Fsp3) is 0.500. The molecule has 5 heteroatoms. The minimum atomic E-state index is -0.104. The van der Waals surface area contributed by atoms with Gasteiger partial charge in [0, 0.05) is 24.0 Å². The summed E-state index contributed by atoms with van der Waals surface area (Å²) in [5.74, 6) is 0.179. The first kappa shape index (κ1) is 15.8. The summed E-state index contributed by atoms with van der Waals surface area (Å²) in [5.41, 5.74) is 1.11. The van der Waals surface area contributed by atoms with Crippen LogP contribution in [0.3, 0.4) is 0 Å². The minimum absolute atomic E-state index is 0.0159. The van der Waals surface area contributed by atoms with Crippen molar-refractivity contribution in [2.45, 2.75) is 26.2 Å². The summed E-state index contributed by atoms with van der Waals surface area (Å²) < 4.78 is 0. The molecule has 0 spiro atoms. The fourth-order valence-electron chi connectivity index (χ4n) is 2.58. The van der Waals surface area contributed by atoms with Gasteiger partial charge in [-0.3, -0.25) is 9.59 Å². The summed E-state index contributed by atoms with van der Waals surface area (Å²) in [6.07, 6.45) is 0.838. The molecule has 21 heavy (non-hydrogen) atoms. The molecular formula is C16H21ClN2O2. The second kappa shape index (κ2) is 6.94. The third kappa shape index (κ3) is 3.97. The van der Waals surface area contributed by atoms with E-state index in [9.17, 15) is 9.59 Å². The molecule has 1 aliphatic carbocycles. The zero-order chi connectivity index (χ0) is 15.4. The van der Waals surface area contributed by atoms with E-state index in [0.717, 1.165) is 12.0 Å². The number of likely N-dealkylation sites (N-methyl/N-ethyl adjacent to an activating group) is 2. The number of nitrogens with one attached hydrogen (secondary N) is 1. The lowest BCUT2D eigenvalue weighted by Gasteiger charge is -2.20. The molecule has 1 fully saturated rings. The lowest BCUT2D eigenvalue weighted by molar-refractivity contribution is -0.137. The summed E-state index contributed by atoms with van der Waals surface area (Å²) >= 11 is 5.99. The van der Waals surface area contributed by atoms with E-state index in [1.165, 1.54) is 0 Å². The molecule has 2 rings (SSSR count). The van der Waals surface area contributed by atoms with Gasteiger partial charge in [0.1, 0.15) is 0 Å². The molecule has 0 heterocycles. The number of carbonyl (C=O) groups is 2. The van der Waals surface area contributed by atoms with Crippen LogP contribution < -0.4 is 5.32 Å². The van der Waals surface area contributed by atoms with Gasteiger partial charge >= 0.3 is 0 Å². The van der Waals surface area contributed by atoms with Crippen LogP contribution in [-0.4, -0.2) is 36.3 Å². The van der Waals surface area contributed by atoms with Crippen LogP contribution in [0.25, 0.3) is 0 Å². The van der Waals surface area contributed by atoms with Crippen molar-refractivity contribution in [3.05, 3.63) is 34.9 Å². The van der Waals surface area contributed by atoms with Crippen LogP contribution in [0.15, 0.2) is 24.3 Å². The van der Waals surface area contributed by atoms with Crippen LogP contribution in [-0.2, 0) is 9.59 Å². The lowest BCUT2D eigenvalue weighted by atomic mass is 10.1. The number of amides is 2. The summed E-state index contributed by atoms with van der Waals surface area (Å²) in [6, 6.07) is 7.66. The Bertz CT molecular complexity index is 533. The van der Waals surface area contributed by atoms with Crippen LogP contribution in [0, 0.1) is 5.92 Å². The third-order valence-corrected chi connectivity index (χ3v) is 4.02. The first-order chi connectivity index (χ1) is 10.1. The molecule has 0 aromatic heterocycles. The van der Waals surface area contributed by atoms with E-state index in [-0.39, 0.29) is 30.2 Å². The molecule has 1 aliphatic rings. The molecule has 0 aliphatic heterocycles. The SMILES string of the molecule is CCNC(=O)CN(CC)C(=O)C1CC1c1cccc(Cl)c1. The Morgan fingerprint density at radius 2 is 2.14 bits per heavy atom. The highest BCUT2D eigenvalue weighted by molar-refractivity contribution is 6.30. The maximum Gasteiger partial charge on any atom is 0.239 e. The van der Waals surface area contributed by atoms with E-state index < -0.39 is 0 Å². The Balaban J connectivity index is 1.96. The highest BCUT2D eigenvalue weighted by atomic mass is 35.5. The molecule has 0 saturated heterocycles. The van der Waals surface area contributed by atoms with E-state index in [1.54, 1.807) is 4.90 Å². The molecule has 1 aromatic rings. The van der Waals surface area contributed by atoms with Gasteiger partial charge in [-0.1, -0.05) is 23.7 Å². The van der Waals surface area contributed by atoms with Crippen molar-refractivity contribution in [2.24, 2.45) is 5.92 Å². The number of hydrogen-bond acceptors (Lipinski definition) is 2. The van der Waals surface area contributed by atoms with Crippen LogP contribution in [0.1, 0.15) is 31.7 Å². The number of benzene rings is 1. The maximum absolute atomic E-state index is 12.5. The summed E-state index contributed by atoms with van der Waals surface area (Å²) in [6.45, 7) is 5.04.